The summed E-state index contributed by atoms with van der Waals surface area (Å²) in [4.78, 5) is 24.4. The Balaban J connectivity index is 2.44. The van der Waals surface area contributed by atoms with Crippen molar-refractivity contribution in [1.29, 1.82) is 0 Å². The van der Waals surface area contributed by atoms with Crippen LogP contribution in [0.25, 0.3) is 10.8 Å². The van der Waals surface area contributed by atoms with Crippen LogP contribution >= 0.6 is 0 Å². The maximum absolute atomic E-state index is 12.5. The molecule has 0 aromatic heterocycles. The van der Waals surface area contributed by atoms with E-state index in [2.05, 4.69) is 5.92 Å². The van der Waals surface area contributed by atoms with Crippen molar-refractivity contribution >= 4 is 22.6 Å². The number of rotatable bonds is 4. The first kappa shape index (κ1) is 13.6. The molecule has 0 heterocycles. The molecule has 4 nitrogen and oxygen atoms in total. The van der Waals surface area contributed by atoms with Gasteiger partial charge in [0.2, 0.25) is 0 Å². The molecule has 0 spiro atoms. The van der Waals surface area contributed by atoms with Crippen LogP contribution in [0.3, 0.4) is 0 Å². The van der Waals surface area contributed by atoms with E-state index in [0.717, 1.165) is 15.7 Å². The molecular formula is C16H13NO3. The van der Waals surface area contributed by atoms with Crippen molar-refractivity contribution in [1.82, 2.24) is 4.90 Å². The van der Waals surface area contributed by atoms with E-state index in [0.29, 0.717) is 5.56 Å². The van der Waals surface area contributed by atoms with Gasteiger partial charge in [0.15, 0.2) is 0 Å². The monoisotopic (exact) mass is 267 g/mol. The molecule has 2 rings (SSSR count). The molecule has 1 N–H and O–H groups in total. The van der Waals surface area contributed by atoms with Crippen molar-refractivity contribution < 1.29 is 14.7 Å². The zero-order chi connectivity index (χ0) is 14.5. The minimum Gasteiger partial charge on any atom is -0.480 e. The molecule has 0 saturated heterocycles. The smallest absolute Gasteiger partial charge is 0.323 e. The summed E-state index contributed by atoms with van der Waals surface area (Å²) in [5.41, 5.74) is 0.458. The van der Waals surface area contributed by atoms with Gasteiger partial charge in [0, 0.05) is 5.56 Å². The summed E-state index contributed by atoms with van der Waals surface area (Å²) in [6.45, 7) is -0.444. The molecule has 0 bridgehead atoms. The van der Waals surface area contributed by atoms with E-state index in [-0.39, 0.29) is 12.5 Å². The molecule has 0 aliphatic heterocycles. The Kier molecular flexibility index (Phi) is 4.02. The van der Waals surface area contributed by atoms with Crippen LogP contribution in [0.1, 0.15) is 10.4 Å². The molecule has 0 aliphatic rings. The predicted molar refractivity (Wildman–Crippen MR) is 76.3 cm³/mol. The van der Waals surface area contributed by atoms with E-state index in [1.165, 1.54) is 0 Å². The summed E-state index contributed by atoms with van der Waals surface area (Å²) in [6, 6.07) is 12.8. The number of carbonyl (C=O) groups is 2. The highest BCUT2D eigenvalue weighted by Crippen LogP contribution is 2.19. The van der Waals surface area contributed by atoms with E-state index in [9.17, 15) is 9.59 Å². The number of benzene rings is 2. The first-order valence-corrected chi connectivity index (χ1v) is 6.06. The quantitative estimate of drug-likeness (QED) is 0.862. The van der Waals surface area contributed by atoms with Gasteiger partial charge in [-0.25, -0.2) is 0 Å². The molecule has 20 heavy (non-hydrogen) atoms. The number of amides is 1. The minimum absolute atomic E-state index is 0.0334. The summed E-state index contributed by atoms with van der Waals surface area (Å²) >= 11 is 0. The number of carbonyl (C=O) groups excluding carboxylic acids is 1. The second-order valence-corrected chi connectivity index (χ2v) is 4.29. The lowest BCUT2D eigenvalue weighted by Gasteiger charge is -2.18. The van der Waals surface area contributed by atoms with E-state index in [1.54, 1.807) is 12.1 Å². The Morgan fingerprint density at radius 3 is 2.55 bits per heavy atom. The van der Waals surface area contributed by atoms with Crippen LogP contribution in [0, 0.1) is 12.3 Å². The fourth-order valence-corrected chi connectivity index (χ4v) is 2.06. The number of aliphatic carboxylic acids is 1. The van der Waals surface area contributed by atoms with Crippen molar-refractivity contribution in [3.8, 4) is 12.3 Å². The molecule has 100 valence electrons. The summed E-state index contributed by atoms with van der Waals surface area (Å²) in [5.74, 6) is 0.852. The average molecular weight is 267 g/mol. The summed E-state index contributed by atoms with van der Waals surface area (Å²) < 4.78 is 0. The Hall–Kier alpha value is -2.80. The van der Waals surface area contributed by atoms with Crippen LogP contribution in [0.5, 0.6) is 0 Å². The second kappa shape index (κ2) is 5.89. The van der Waals surface area contributed by atoms with Crippen molar-refractivity contribution in [2.45, 2.75) is 0 Å². The van der Waals surface area contributed by atoms with Crippen molar-refractivity contribution in [3.63, 3.8) is 0 Å². The van der Waals surface area contributed by atoms with Gasteiger partial charge in [-0.1, -0.05) is 42.3 Å². The second-order valence-electron chi connectivity index (χ2n) is 4.29. The van der Waals surface area contributed by atoms with Crippen LogP contribution in [-0.4, -0.2) is 35.0 Å². The summed E-state index contributed by atoms with van der Waals surface area (Å²) in [7, 11) is 0. The van der Waals surface area contributed by atoms with Gasteiger partial charge in [0.25, 0.3) is 5.91 Å². The van der Waals surface area contributed by atoms with Gasteiger partial charge in [-0.2, -0.15) is 0 Å². The fraction of sp³-hybridized carbons (Fsp3) is 0.125. The number of terminal acetylenes is 1. The van der Waals surface area contributed by atoms with Crippen LogP contribution in [0.4, 0.5) is 0 Å². The predicted octanol–water partition coefficient (Wildman–Crippen LogP) is 2.00. The van der Waals surface area contributed by atoms with Crippen LogP contribution in [0.15, 0.2) is 42.5 Å². The van der Waals surface area contributed by atoms with Crippen molar-refractivity contribution in [2.75, 3.05) is 13.1 Å². The topological polar surface area (TPSA) is 57.6 Å². The first-order valence-electron chi connectivity index (χ1n) is 6.06. The maximum atomic E-state index is 12.5. The normalized spacial score (nSPS) is 9.95. The van der Waals surface area contributed by atoms with Crippen LogP contribution in [-0.2, 0) is 4.79 Å². The van der Waals surface area contributed by atoms with Gasteiger partial charge in [-0.15, -0.1) is 6.42 Å². The summed E-state index contributed by atoms with van der Waals surface area (Å²) in [5, 5.41) is 10.6. The van der Waals surface area contributed by atoms with Gasteiger partial charge in [0.1, 0.15) is 6.54 Å². The molecule has 0 aliphatic carbocycles. The SMILES string of the molecule is C#CCN(CC(=O)O)C(=O)c1cccc2ccccc12. The van der Waals surface area contributed by atoms with E-state index >= 15 is 0 Å². The molecule has 2 aromatic carbocycles. The van der Waals surface area contributed by atoms with Gasteiger partial charge < -0.3 is 10.0 Å². The van der Waals surface area contributed by atoms with Gasteiger partial charge in [-0.05, 0) is 16.8 Å². The Labute approximate surface area is 116 Å². The van der Waals surface area contributed by atoms with Crippen LogP contribution in [0.2, 0.25) is 0 Å². The largest absolute Gasteiger partial charge is 0.480 e. The third-order valence-electron chi connectivity index (χ3n) is 2.92. The van der Waals surface area contributed by atoms with Crippen molar-refractivity contribution in [3.05, 3.63) is 48.0 Å². The Bertz CT molecular complexity index is 695. The minimum atomic E-state index is -1.09. The molecule has 1 amide bonds. The number of nitrogens with zero attached hydrogens (tertiary/aromatic N) is 1. The lowest BCUT2D eigenvalue weighted by molar-refractivity contribution is -0.137. The zero-order valence-corrected chi connectivity index (χ0v) is 10.7. The molecule has 0 atom stereocenters. The van der Waals surface area contributed by atoms with Crippen LogP contribution < -0.4 is 0 Å². The van der Waals surface area contributed by atoms with E-state index in [1.807, 2.05) is 30.3 Å². The first-order chi connectivity index (χ1) is 9.63. The Morgan fingerprint density at radius 2 is 1.85 bits per heavy atom. The fourth-order valence-electron chi connectivity index (χ4n) is 2.06. The molecule has 0 radical (unpaired) electrons. The molecule has 0 unspecified atom stereocenters. The molecule has 4 heteroatoms. The highest BCUT2D eigenvalue weighted by molar-refractivity contribution is 6.07. The number of carboxylic acids is 1. The molecule has 0 fully saturated rings. The molecule has 2 aromatic rings. The van der Waals surface area contributed by atoms with Gasteiger partial charge >= 0.3 is 5.97 Å². The van der Waals surface area contributed by atoms with E-state index in [4.69, 9.17) is 11.5 Å². The highest BCUT2D eigenvalue weighted by Gasteiger charge is 2.19. The number of fused-ring (bicyclic) bond motifs is 1. The zero-order valence-electron chi connectivity index (χ0n) is 10.7. The maximum Gasteiger partial charge on any atom is 0.323 e. The standard InChI is InChI=1S/C16H13NO3/c1-2-10-17(11-15(18)19)16(20)14-9-5-7-12-6-3-4-8-13(12)14/h1,3-9H,10-11H2,(H,18,19). The lowest BCUT2D eigenvalue weighted by Crippen LogP contribution is -2.36. The average Bonchev–Trinajstić information content (AvgIpc) is 2.45. The van der Waals surface area contributed by atoms with Gasteiger partial charge in [0.05, 0.1) is 6.54 Å². The lowest BCUT2D eigenvalue weighted by atomic mass is 10.0. The Morgan fingerprint density at radius 1 is 1.15 bits per heavy atom. The van der Waals surface area contributed by atoms with Crippen molar-refractivity contribution in [2.24, 2.45) is 0 Å². The number of carboxylic acid groups (broad SMARTS) is 1. The van der Waals surface area contributed by atoms with Gasteiger partial charge in [-0.3, -0.25) is 9.59 Å². The summed E-state index contributed by atoms with van der Waals surface area (Å²) in [6.07, 6.45) is 5.20. The third-order valence-corrected chi connectivity index (χ3v) is 2.92. The third kappa shape index (κ3) is 2.78. The number of hydrogen-bond donors (Lipinski definition) is 1. The van der Waals surface area contributed by atoms with E-state index < -0.39 is 12.5 Å². The highest BCUT2D eigenvalue weighted by atomic mass is 16.4. The molecule has 0 saturated carbocycles. The molecular weight excluding hydrogens is 254 g/mol. The number of hydrogen-bond acceptors (Lipinski definition) is 2.